The first kappa shape index (κ1) is 15.6. The molecule has 2 aromatic rings. The zero-order chi connectivity index (χ0) is 15.4. The second-order valence-electron chi connectivity index (χ2n) is 4.62. The largest absolute Gasteiger partial charge is 0.206 e. The van der Waals surface area contributed by atoms with Crippen LogP contribution >= 0.6 is 11.3 Å². The van der Waals surface area contributed by atoms with Crippen LogP contribution in [0.2, 0.25) is 0 Å². The van der Waals surface area contributed by atoms with E-state index in [0.29, 0.717) is 11.0 Å². The van der Waals surface area contributed by atoms with Gasteiger partial charge in [0.15, 0.2) is 0 Å². The Morgan fingerprint density at radius 1 is 1.24 bits per heavy atom. The second-order valence-corrected chi connectivity index (χ2v) is 5.73. The number of thiophene rings is 1. The zero-order valence-corrected chi connectivity index (χ0v) is 12.6. The third kappa shape index (κ3) is 3.85. The van der Waals surface area contributed by atoms with Crippen LogP contribution in [-0.2, 0) is 0 Å². The van der Waals surface area contributed by atoms with Crippen LogP contribution < -0.4 is 4.78 Å². The molecule has 0 unspecified atom stereocenters. The Labute approximate surface area is 131 Å². The van der Waals surface area contributed by atoms with Gasteiger partial charge in [-0.05, 0) is 35.0 Å². The first-order chi connectivity index (χ1) is 10.0. The van der Waals surface area contributed by atoms with Gasteiger partial charge in [0.2, 0.25) is 0 Å². The van der Waals surface area contributed by atoms with Gasteiger partial charge in [0.05, 0.1) is 0 Å². The van der Waals surface area contributed by atoms with Crippen molar-refractivity contribution in [1.82, 2.24) is 0 Å². The van der Waals surface area contributed by atoms with Gasteiger partial charge < -0.3 is 0 Å². The molecule has 4 heteroatoms. The minimum atomic E-state index is -0.265. The van der Waals surface area contributed by atoms with Crippen LogP contribution in [0.15, 0.2) is 60.6 Å². The highest BCUT2D eigenvalue weighted by Crippen LogP contribution is 2.27. The molecule has 0 bridgehead atoms. The van der Waals surface area contributed by atoms with Gasteiger partial charge in [0.25, 0.3) is 0 Å². The van der Waals surface area contributed by atoms with Gasteiger partial charge in [-0.25, -0.2) is 4.39 Å². The molecule has 2 rings (SSSR count). The molecule has 0 atom stereocenters. The fourth-order valence-electron chi connectivity index (χ4n) is 1.88. The quantitative estimate of drug-likeness (QED) is 0.590. The maximum Gasteiger partial charge on any atom is 0.131 e. The summed E-state index contributed by atoms with van der Waals surface area (Å²) >= 11 is 1.44. The lowest BCUT2D eigenvalue weighted by atomic mass is 9.94. The number of allylic oxidation sites excluding steroid dienone is 5. The molecule has 100 valence electrons. The van der Waals surface area contributed by atoms with E-state index < -0.39 is 0 Å². The summed E-state index contributed by atoms with van der Waals surface area (Å²) in [4.78, 5) is 0.954. The molecule has 4 radical (unpaired) electrons. The highest BCUT2D eigenvalue weighted by Gasteiger charge is 2.07. The van der Waals surface area contributed by atoms with Crippen molar-refractivity contribution in [3.05, 3.63) is 72.0 Å². The van der Waals surface area contributed by atoms with Crippen molar-refractivity contribution in [1.29, 1.82) is 0 Å². The lowest BCUT2D eigenvalue weighted by molar-refractivity contribution is 0.624. The third-order valence-electron chi connectivity index (χ3n) is 3.07. The van der Waals surface area contributed by atoms with Crippen molar-refractivity contribution >= 4 is 37.4 Å². The first-order valence-corrected chi connectivity index (χ1v) is 7.25. The smallest absolute Gasteiger partial charge is 0.131 e. The van der Waals surface area contributed by atoms with Crippen molar-refractivity contribution in [3.63, 3.8) is 0 Å². The van der Waals surface area contributed by atoms with Crippen LogP contribution in [0.5, 0.6) is 0 Å². The molecule has 0 saturated carbocycles. The maximum absolute atomic E-state index is 14.3. The first-order valence-electron chi connectivity index (χ1n) is 6.43. The van der Waals surface area contributed by atoms with Crippen LogP contribution in [-0.4, -0.2) is 15.7 Å². The molecule has 0 fully saturated rings. The van der Waals surface area contributed by atoms with Crippen molar-refractivity contribution < 1.29 is 4.39 Å². The topological polar surface area (TPSA) is 0 Å². The lowest BCUT2D eigenvalue weighted by Crippen LogP contribution is -1.89. The minimum absolute atomic E-state index is 0.265. The molecule has 0 nitrogen and oxygen atoms in total. The summed E-state index contributed by atoms with van der Waals surface area (Å²) in [7, 11) is 11.3. The van der Waals surface area contributed by atoms with Gasteiger partial charge >= 0.3 is 0 Å². The maximum atomic E-state index is 14.3. The summed E-state index contributed by atoms with van der Waals surface area (Å²) in [5, 5.41) is 0. The van der Waals surface area contributed by atoms with Crippen LogP contribution in [0.4, 0.5) is 4.39 Å². The van der Waals surface area contributed by atoms with Gasteiger partial charge in [-0.3, -0.25) is 0 Å². The summed E-state index contributed by atoms with van der Waals surface area (Å²) in [5.74, 6) is -0.265. The molecular formula is C17H13B2FS. The molecule has 21 heavy (non-hydrogen) atoms. The van der Waals surface area contributed by atoms with Crippen LogP contribution in [0.25, 0.3) is 16.0 Å². The Kier molecular flexibility index (Phi) is 5.03. The molecule has 1 aromatic heterocycles. The standard InChI is InChI=1S/C17H13B2FS/c1-3-13(18)6-4-11(2)14-7-5-12(10-15(14)20)16-8-9-17(19)21-16/h3-10H,1H2,2H3/b11-4+,13-6+. The van der Waals surface area contributed by atoms with Crippen LogP contribution in [0, 0.1) is 5.82 Å². The number of benzene rings is 1. The molecule has 0 N–H and O–H groups in total. The van der Waals surface area contributed by atoms with E-state index in [1.165, 1.54) is 17.4 Å². The molecule has 1 aromatic carbocycles. The SMILES string of the molecule is [B]/C(C=C)=C/C=C(\C)c1ccc(-c2ccc([B])s2)cc1F. The number of hydrogen-bond donors (Lipinski definition) is 0. The highest BCUT2D eigenvalue weighted by atomic mass is 32.1. The third-order valence-corrected chi connectivity index (χ3v) is 4.03. The fourth-order valence-corrected chi connectivity index (χ4v) is 2.65. The van der Waals surface area contributed by atoms with Crippen molar-refractivity contribution in [2.75, 3.05) is 0 Å². The molecule has 0 saturated heterocycles. The molecule has 0 spiro atoms. The molecule has 0 amide bonds. The Morgan fingerprint density at radius 3 is 2.57 bits per heavy atom. The Morgan fingerprint density at radius 2 is 2.00 bits per heavy atom. The van der Waals surface area contributed by atoms with Crippen molar-refractivity contribution in [2.45, 2.75) is 6.92 Å². The predicted molar refractivity (Wildman–Crippen MR) is 92.8 cm³/mol. The molecule has 0 aliphatic heterocycles. The second kappa shape index (κ2) is 6.77. The van der Waals surface area contributed by atoms with Gasteiger partial charge in [-0.2, -0.15) is 11.3 Å². The van der Waals surface area contributed by atoms with Crippen LogP contribution in [0.3, 0.4) is 0 Å². The minimum Gasteiger partial charge on any atom is -0.206 e. The van der Waals surface area contributed by atoms with E-state index in [0.717, 1.165) is 20.8 Å². The average Bonchev–Trinajstić information content (AvgIpc) is 2.90. The summed E-state index contributed by atoms with van der Waals surface area (Å²) in [6.07, 6.45) is 5.03. The predicted octanol–water partition coefficient (Wildman–Crippen LogP) is 3.99. The van der Waals surface area contributed by atoms with E-state index >= 15 is 0 Å². The Hall–Kier alpha value is -1.80. The molecule has 1 heterocycles. The highest BCUT2D eigenvalue weighted by molar-refractivity contribution is 7.23. The normalized spacial score (nSPS) is 12.5. The van der Waals surface area contributed by atoms with Gasteiger partial charge in [0, 0.05) is 10.4 Å². The van der Waals surface area contributed by atoms with Crippen LogP contribution in [0.1, 0.15) is 12.5 Å². The van der Waals surface area contributed by atoms with Crippen molar-refractivity contribution in [2.24, 2.45) is 0 Å². The van der Waals surface area contributed by atoms with E-state index in [9.17, 15) is 4.39 Å². The number of rotatable bonds is 4. The van der Waals surface area contributed by atoms with Crippen molar-refractivity contribution in [3.8, 4) is 10.4 Å². The Bertz CT molecular complexity index is 726. The van der Waals surface area contributed by atoms with E-state index in [2.05, 4.69) is 6.58 Å². The summed E-state index contributed by atoms with van der Waals surface area (Å²) in [6.45, 7) is 5.41. The molecular weight excluding hydrogens is 277 g/mol. The van der Waals surface area contributed by atoms with E-state index in [-0.39, 0.29) is 5.82 Å². The number of halogens is 1. The van der Waals surface area contributed by atoms with E-state index in [1.54, 1.807) is 24.3 Å². The monoisotopic (exact) mass is 290 g/mol. The summed E-state index contributed by atoms with van der Waals surface area (Å²) in [5.41, 5.74) is 2.72. The lowest BCUT2D eigenvalue weighted by Gasteiger charge is -2.05. The van der Waals surface area contributed by atoms with E-state index in [4.69, 9.17) is 15.7 Å². The molecule has 0 aliphatic carbocycles. The summed E-state index contributed by atoms with van der Waals surface area (Å²) in [6, 6.07) is 8.90. The zero-order valence-electron chi connectivity index (χ0n) is 11.8. The Balaban J connectivity index is 2.33. The molecule has 0 aliphatic rings. The van der Waals surface area contributed by atoms with Gasteiger partial charge in [-0.15, -0.1) is 0 Å². The summed E-state index contributed by atoms with van der Waals surface area (Å²) < 4.78 is 15.0. The average molecular weight is 290 g/mol. The van der Waals surface area contributed by atoms with E-state index in [1.807, 2.05) is 25.1 Å². The van der Waals surface area contributed by atoms with Gasteiger partial charge in [-0.1, -0.05) is 48.5 Å². The van der Waals surface area contributed by atoms with Gasteiger partial charge in [0.1, 0.15) is 21.5 Å². The number of hydrogen-bond acceptors (Lipinski definition) is 1. The fraction of sp³-hybridized carbons (Fsp3) is 0.0588.